The summed E-state index contributed by atoms with van der Waals surface area (Å²) < 4.78 is 0. The first-order valence-electron chi connectivity index (χ1n) is 7.76. The van der Waals surface area contributed by atoms with Gasteiger partial charge in [-0.2, -0.15) is 4.91 Å². The summed E-state index contributed by atoms with van der Waals surface area (Å²) in [6.07, 6.45) is 6.29. The first-order valence-corrected chi connectivity index (χ1v) is 7.76. The van der Waals surface area contributed by atoms with Crippen LogP contribution >= 0.6 is 0 Å². The predicted octanol–water partition coefficient (Wildman–Crippen LogP) is 4.13. The monoisotopic (exact) mass is 289 g/mol. The van der Waals surface area contributed by atoms with Crippen LogP contribution in [0.5, 0.6) is 0 Å². The summed E-state index contributed by atoms with van der Waals surface area (Å²) in [5, 5.41) is 12.3. The molecule has 114 valence electrons. The van der Waals surface area contributed by atoms with E-state index in [1.807, 2.05) is 24.3 Å². The zero-order chi connectivity index (χ0) is 15.2. The van der Waals surface area contributed by atoms with Crippen molar-refractivity contribution in [3.8, 4) is 0 Å². The molecule has 0 radical (unpaired) electrons. The van der Waals surface area contributed by atoms with Crippen LogP contribution in [0.2, 0.25) is 0 Å². The number of carboxylic acid groups (broad SMARTS) is 1. The third kappa shape index (κ3) is 4.13. The molecule has 1 N–H and O–H groups in total. The van der Waals surface area contributed by atoms with Gasteiger partial charge in [0.05, 0.1) is 12.0 Å². The van der Waals surface area contributed by atoms with Crippen molar-refractivity contribution < 1.29 is 9.90 Å². The van der Waals surface area contributed by atoms with Crippen molar-refractivity contribution in [3.63, 3.8) is 0 Å². The molecule has 4 nitrogen and oxygen atoms in total. The normalized spacial score (nSPS) is 24.0. The maximum Gasteiger partial charge on any atom is 0.310 e. The fourth-order valence-electron chi connectivity index (χ4n) is 3.13. The third-order valence-corrected chi connectivity index (χ3v) is 4.60. The van der Waals surface area contributed by atoms with Crippen LogP contribution in [0.15, 0.2) is 29.4 Å². The van der Waals surface area contributed by atoms with Crippen molar-refractivity contribution in [1.29, 1.82) is 0 Å². The SMILES string of the molecule is CC(C(=O)O)c1ccc(CC2CCCCCC2N=O)cc1. The number of nitrogens with zero attached hydrogens (tertiary/aromatic N) is 1. The number of benzene rings is 1. The minimum absolute atomic E-state index is 0.0647. The molecule has 1 saturated carbocycles. The van der Waals surface area contributed by atoms with E-state index in [0.717, 1.165) is 36.8 Å². The highest BCUT2D eigenvalue weighted by Crippen LogP contribution is 2.29. The van der Waals surface area contributed by atoms with E-state index < -0.39 is 11.9 Å². The van der Waals surface area contributed by atoms with Crippen LogP contribution in [0.1, 0.15) is 56.1 Å². The zero-order valence-corrected chi connectivity index (χ0v) is 12.5. The molecule has 1 aromatic carbocycles. The van der Waals surface area contributed by atoms with Gasteiger partial charge in [-0.15, -0.1) is 0 Å². The molecule has 0 saturated heterocycles. The first-order chi connectivity index (χ1) is 10.1. The first kappa shape index (κ1) is 15.7. The topological polar surface area (TPSA) is 66.7 Å². The second kappa shape index (κ2) is 7.34. The van der Waals surface area contributed by atoms with Crippen LogP contribution < -0.4 is 0 Å². The Labute approximate surface area is 125 Å². The number of hydrogen-bond donors (Lipinski definition) is 1. The molecule has 0 aromatic heterocycles. The molecule has 0 bridgehead atoms. The van der Waals surface area contributed by atoms with E-state index in [2.05, 4.69) is 5.18 Å². The Hall–Kier alpha value is -1.71. The molecule has 3 unspecified atom stereocenters. The second-order valence-electron chi connectivity index (χ2n) is 6.08. The summed E-state index contributed by atoms with van der Waals surface area (Å²) >= 11 is 0. The summed E-state index contributed by atoms with van der Waals surface area (Å²) in [5.74, 6) is -0.967. The van der Waals surface area contributed by atoms with Gasteiger partial charge in [0.25, 0.3) is 0 Å². The molecule has 1 fully saturated rings. The Morgan fingerprint density at radius 1 is 1.24 bits per heavy atom. The summed E-state index contributed by atoms with van der Waals surface area (Å²) in [7, 11) is 0. The van der Waals surface area contributed by atoms with Gasteiger partial charge in [0.15, 0.2) is 0 Å². The second-order valence-corrected chi connectivity index (χ2v) is 6.08. The lowest BCUT2D eigenvalue weighted by Gasteiger charge is -2.19. The molecule has 0 heterocycles. The van der Waals surface area contributed by atoms with Crippen molar-refractivity contribution in [1.82, 2.24) is 0 Å². The van der Waals surface area contributed by atoms with Crippen molar-refractivity contribution in [2.24, 2.45) is 11.1 Å². The number of nitroso groups, excluding NO2 is 1. The third-order valence-electron chi connectivity index (χ3n) is 4.60. The highest BCUT2D eigenvalue weighted by Gasteiger charge is 2.24. The molecule has 21 heavy (non-hydrogen) atoms. The minimum Gasteiger partial charge on any atom is -0.481 e. The van der Waals surface area contributed by atoms with Crippen molar-refractivity contribution in [2.45, 2.75) is 57.4 Å². The van der Waals surface area contributed by atoms with Crippen LogP contribution in [-0.4, -0.2) is 17.1 Å². The lowest BCUT2D eigenvalue weighted by molar-refractivity contribution is -0.138. The van der Waals surface area contributed by atoms with Gasteiger partial charge in [-0.05, 0) is 43.2 Å². The number of carboxylic acids is 1. The van der Waals surface area contributed by atoms with Gasteiger partial charge in [0, 0.05) is 0 Å². The fraction of sp³-hybridized carbons (Fsp3) is 0.588. The summed E-state index contributed by atoms with van der Waals surface area (Å²) in [4.78, 5) is 22.0. The summed E-state index contributed by atoms with van der Waals surface area (Å²) in [6.45, 7) is 1.69. The van der Waals surface area contributed by atoms with Crippen molar-refractivity contribution in [2.75, 3.05) is 0 Å². The number of carbonyl (C=O) groups is 1. The predicted molar refractivity (Wildman–Crippen MR) is 82.4 cm³/mol. The number of aliphatic carboxylic acids is 1. The largest absolute Gasteiger partial charge is 0.481 e. The highest BCUT2D eigenvalue weighted by molar-refractivity contribution is 5.75. The van der Waals surface area contributed by atoms with Gasteiger partial charge < -0.3 is 5.11 Å². The molecule has 1 aliphatic carbocycles. The lowest BCUT2D eigenvalue weighted by Crippen LogP contribution is -2.19. The molecule has 0 aliphatic heterocycles. The smallest absolute Gasteiger partial charge is 0.310 e. The minimum atomic E-state index is -0.809. The Morgan fingerprint density at radius 3 is 2.52 bits per heavy atom. The molecule has 1 aromatic rings. The Kier molecular flexibility index (Phi) is 5.48. The highest BCUT2D eigenvalue weighted by atomic mass is 16.4. The zero-order valence-electron chi connectivity index (χ0n) is 12.5. The van der Waals surface area contributed by atoms with Crippen LogP contribution in [0, 0.1) is 10.8 Å². The van der Waals surface area contributed by atoms with E-state index >= 15 is 0 Å². The Bertz CT molecular complexity index is 483. The van der Waals surface area contributed by atoms with Crippen molar-refractivity contribution in [3.05, 3.63) is 40.3 Å². The van der Waals surface area contributed by atoms with Crippen LogP contribution in [0.25, 0.3) is 0 Å². The van der Waals surface area contributed by atoms with Crippen LogP contribution in [-0.2, 0) is 11.2 Å². The van der Waals surface area contributed by atoms with Gasteiger partial charge >= 0.3 is 5.97 Å². The standard InChI is InChI=1S/C17H23NO3/c1-12(17(19)20)14-9-7-13(8-10-14)11-15-5-3-2-4-6-16(15)18-21/h7-10,12,15-16H,2-6,11H2,1H3,(H,19,20). The van der Waals surface area contributed by atoms with E-state index in [9.17, 15) is 9.70 Å². The lowest BCUT2D eigenvalue weighted by atomic mass is 9.88. The van der Waals surface area contributed by atoms with E-state index in [4.69, 9.17) is 5.11 Å². The Morgan fingerprint density at radius 2 is 1.90 bits per heavy atom. The Balaban J connectivity index is 2.04. The number of hydrogen-bond acceptors (Lipinski definition) is 3. The van der Waals surface area contributed by atoms with Gasteiger partial charge in [-0.1, -0.05) is 48.7 Å². The average molecular weight is 289 g/mol. The van der Waals surface area contributed by atoms with E-state index in [-0.39, 0.29) is 6.04 Å². The van der Waals surface area contributed by atoms with Crippen LogP contribution in [0.3, 0.4) is 0 Å². The molecule has 0 amide bonds. The van der Waals surface area contributed by atoms with Gasteiger partial charge in [-0.25, -0.2) is 0 Å². The molecule has 2 rings (SSSR count). The van der Waals surface area contributed by atoms with Gasteiger partial charge in [-0.3, -0.25) is 4.79 Å². The summed E-state index contributed by atoms with van der Waals surface area (Å²) in [5.41, 5.74) is 1.98. The van der Waals surface area contributed by atoms with E-state index in [1.165, 1.54) is 12.8 Å². The number of rotatable bonds is 5. The van der Waals surface area contributed by atoms with E-state index in [1.54, 1.807) is 6.92 Å². The molecule has 3 atom stereocenters. The maximum absolute atomic E-state index is 11.0. The maximum atomic E-state index is 11.0. The van der Waals surface area contributed by atoms with Gasteiger partial charge in [0.2, 0.25) is 0 Å². The molecule has 1 aliphatic rings. The summed E-state index contributed by atoms with van der Waals surface area (Å²) in [6, 6.07) is 7.68. The fourth-order valence-corrected chi connectivity index (χ4v) is 3.13. The molecular formula is C17H23NO3. The average Bonchev–Trinajstić information content (AvgIpc) is 2.72. The quantitative estimate of drug-likeness (QED) is 0.654. The van der Waals surface area contributed by atoms with E-state index in [0.29, 0.717) is 5.92 Å². The van der Waals surface area contributed by atoms with Crippen LogP contribution in [0.4, 0.5) is 0 Å². The molecule has 0 spiro atoms. The van der Waals surface area contributed by atoms with Gasteiger partial charge in [0.1, 0.15) is 0 Å². The molecule has 4 heteroatoms. The molecular weight excluding hydrogens is 266 g/mol. The van der Waals surface area contributed by atoms with Crippen molar-refractivity contribution >= 4 is 5.97 Å².